The minimum Gasteiger partial charge on any atom is -0.497 e. The first-order valence-electron chi connectivity index (χ1n) is 7.00. The lowest BCUT2D eigenvalue weighted by Crippen LogP contribution is -2.28. The van der Waals surface area contributed by atoms with Gasteiger partial charge in [-0.3, -0.25) is 9.59 Å². The van der Waals surface area contributed by atoms with Gasteiger partial charge < -0.3 is 10.1 Å². The molecule has 0 unspecified atom stereocenters. The molecular weight excluding hydrogens is 292 g/mol. The van der Waals surface area contributed by atoms with Gasteiger partial charge in [0.25, 0.3) is 0 Å². The Bertz CT molecular complexity index is 761. The summed E-state index contributed by atoms with van der Waals surface area (Å²) in [6, 6.07) is 15.2. The van der Waals surface area contributed by atoms with E-state index in [9.17, 15) is 14.9 Å². The minimum atomic E-state index is -1.40. The van der Waals surface area contributed by atoms with Crippen molar-refractivity contribution in [3.05, 3.63) is 59.7 Å². The molecule has 0 radical (unpaired) electrons. The molecule has 0 saturated carbocycles. The van der Waals surface area contributed by atoms with E-state index in [4.69, 9.17) is 4.74 Å². The van der Waals surface area contributed by atoms with Gasteiger partial charge >= 0.3 is 0 Å². The first-order valence-corrected chi connectivity index (χ1v) is 7.00. The first-order chi connectivity index (χ1) is 11.0. The Hall–Kier alpha value is -3.13. The lowest BCUT2D eigenvalue weighted by atomic mass is 9.98. The predicted molar refractivity (Wildman–Crippen MR) is 86.2 cm³/mol. The minimum absolute atomic E-state index is 0.289. The van der Waals surface area contributed by atoms with Crippen molar-refractivity contribution in [1.29, 1.82) is 5.26 Å². The van der Waals surface area contributed by atoms with E-state index in [1.807, 2.05) is 13.0 Å². The number of Topliss-reactive ketones (excluding diaryl/α,β-unsaturated/α-hetero) is 1. The molecule has 2 aromatic rings. The highest BCUT2D eigenvalue weighted by atomic mass is 16.5. The molecule has 0 spiro atoms. The van der Waals surface area contributed by atoms with Gasteiger partial charge in [-0.1, -0.05) is 12.1 Å². The molecule has 5 heteroatoms. The third-order valence-corrected chi connectivity index (χ3v) is 3.31. The Morgan fingerprint density at radius 2 is 1.87 bits per heavy atom. The van der Waals surface area contributed by atoms with Crippen LogP contribution in [0.3, 0.4) is 0 Å². The predicted octanol–water partition coefficient (Wildman–Crippen LogP) is 2.96. The van der Waals surface area contributed by atoms with Crippen molar-refractivity contribution in [2.24, 2.45) is 5.92 Å². The van der Waals surface area contributed by atoms with Crippen molar-refractivity contribution in [2.45, 2.75) is 6.92 Å². The fourth-order valence-corrected chi connectivity index (χ4v) is 2.10. The van der Waals surface area contributed by atoms with Crippen LogP contribution in [0.25, 0.3) is 0 Å². The van der Waals surface area contributed by atoms with Crippen LogP contribution in [0.2, 0.25) is 0 Å². The number of nitriles is 1. The monoisotopic (exact) mass is 308 g/mol. The van der Waals surface area contributed by atoms with Crippen LogP contribution in [0.15, 0.2) is 48.5 Å². The molecule has 2 aromatic carbocycles. The first kappa shape index (κ1) is 16.2. The Balaban J connectivity index is 2.16. The summed E-state index contributed by atoms with van der Waals surface area (Å²) in [5.74, 6) is -1.98. The second kappa shape index (κ2) is 7.23. The summed E-state index contributed by atoms with van der Waals surface area (Å²) in [5, 5.41) is 11.8. The normalized spacial score (nSPS) is 11.2. The van der Waals surface area contributed by atoms with Crippen LogP contribution in [0.5, 0.6) is 5.75 Å². The summed E-state index contributed by atoms with van der Waals surface area (Å²) < 4.78 is 5.02. The molecule has 0 saturated heterocycles. The van der Waals surface area contributed by atoms with Gasteiger partial charge in [0.15, 0.2) is 11.7 Å². The molecule has 5 nitrogen and oxygen atoms in total. The number of ether oxygens (including phenoxy) is 1. The molecule has 1 atom stereocenters. The van der Waals surface area contributed by atoms with E-state index >= 15 is 0 Å². The molecule has 0 fully saturated rings. The number of nitrogens with one attached hydrogen (secondary N) is 1. The summed E-state index contributed by atoms with van der Waals surface area (Å²) in [6.45, 7) is 1.89. The van der Waals surface area contributed by atoms with Gasteiger partial charge in [0.05, 0.1) is 13.2 Å². The molecule has 0 aliphatic carbocycles. The van der Waals surface area contributed by atoms with Gasteiger partial charge in [-0.15, -0.1) is 0 Å². The second-order valence-electron chi connectivity index (χ2n) is 5.01. The van der Waals surface area contributed by atoms with Crippen LogP contribution >= 0.6 is 0 Å². The third-order valence-electron chi connectivity index (χ3n) is 3.31. The van der Waals surface area contributed by atoms with Gasteiger partial charge in [-0.25, -0.2) is 0 Å². The van der Waals surface area contributed by atoms with Crippen molar-refractivity contribution in [3.8, 4) is 11.8 Å². The van der Waals surface area contributed by atoms with Crippen molar-refractivity contribution < 1.29 is 14.3 Å². The van der Waals surface area contributed by atoms with Crippen molar-refractivity contribution in [3.63, 3.8) is 0 Å². The molecule has 0 aliphatic rings. The number of amides is 1. The zero-order valence-electron chi connectivity index (χ0n) is 12.9. The lowest BCUT2D eigenvalue weighted by Gasteiger charge is -2.10. The zero-order valence-corrected chi connectivity index (χ0v) is 12.9. The fourth-order valence-electron chi connectivity index (χ4n) is 2.10. The molecule has 1 N–H and O–H groups in total. The molecular formula is C18H16N2O3. The number of anilines is 1. The average molecular weight is 308 g/mol. The van der Waals surface area contributed by atoms with Crippen LogP contribution in [0.4, 0.5) is 5.69 Å². The number of benzene rings is 2. The molecule has 0 bridgehead atoms. The maximum absolute atomic E-state index is 12.3. The second-order valence-corrected chi connectivity index (χ2v) is 5.01. The quantitative estimate of drug-likeness (QED) is 0.680. The largest absolute Gasteiger partial charge is 0.497 e. The molecule has 23 heavy (non-hydrogen) atoms. The van der Waals surface area contributed by atoms with E-state index in [2.05, 4.69) is 5.32 Å². The Morgan fingerprint density at radius 1 is 1.17 bits per heavy atom. The highest BCUT2D eigenvalue weighted by Crippen LogP contribution is 2.17. The van der Waals surface area contributed by atoms with E-state index in [0.717, 1.165) is 5.56 Å². The van der Waals surface area contributed by atoms with Crippen LogP contribution in [0, 0.1) is 24.2 Å². The number of methoxy groups -OCH3 is 1. The van der Waals surface area contributed by atoms with Gasteiger partial charge in [0.1, 0.15) is 5.75 Å². The number of carbonyl (C=O) groups excluding carboxylic acids is 2. The topological polar surface area (TPSA) is 79.2 Å². The summed E-state index contributed by atoms with van der Waals surface area (Å²) in [4.78, 5) is 24.6. The van der Waals surface area contributed by atoms with Crippen molar-refractivity contribution in [1.82, 2.24) is 0 Å². The standard InChI is InChI=1S/C18H16N2O3/c1-12-4-3-5-14(10-12)20-18(22)16(11-19)17(21)13-6-8-15(23-2)9-7-13/h3-10,16H,1-2H3,(H,20,22)/t16-/m1/s1. The zero-order chi connectivity index (χ0) is 16.8. The van der Waals surface area contributed by atoms with E-state index in [1.165, 1.54) is 19.2 Å². The molecule has 116 valence electrons. The summed E-state index contributed by atoms with van der Waals surface area (Å²) in [6.07, 6.45) is 0. The van der Waals surface area contributed by atoms with E-state index in [1.54, 1.807) is 36.4 Å². The Kier molecular flexibility index (Phi) is 5.11. The van der Waals surface area contributed by atoms with Crippen LogP contribution in [-0.2, 0) is 4.79 Å². The number of rotatable bonds is 5. The van der Waals surface area contributed by atoms with E-state index < -0.39 is 17.6 Å². The van der Waals surface area contributed by atoms with E-state index in [0.29, 0.717) is 11.4 Å². The summed E-state index contributed by atoms with van der Waals surface area (Å²) in [7, 11) is 1.52. The molecule has 2 rings (SSSR count). The van der Waals surface area contributed by atoms with E-state index in [-0.39, 0.29) is 5.56 Å². The maximum atomic E-state index is 12.3. The van der Waals surface area contributed by atoms with Gasteiger partial charge in [-0.2, -0.15) is 5.26 Å². The van der Waals surface area contributed by atoms with Crippen LogP contribution in [0.1, 0.15) is 15.9 Å². The summed E-state index contributed by atoms with van der Waals surface area (Å²) >= 11 is 0. The lowest BCUT2D eigenvalue weighted by molar-refractivity contribution is -0.117. The number of carbonyl (C=O) groups is 2. The highest BCUT2D eigenvalue weighted by molar-refractivity contribution is 6.15. The van der Waals surface area contributed by atoms with Gasteiger partial charge in [0.2, 0.25) is 5.91 Å². The maximum Gasteiger partial charge on any atom is 0.249 e. The number of aryl methyl sites for hydroxylation is 1. The van der Waals surface area contributed by atoms with Crippen LogP contribution in [-0.4, -0.2) is 18.8 Å². The highest BCUT2D eigenvalue weighted by Gasteiger charge is 2.27. The molecule has 1 amide bonds. The smallest absolute Gasteiger partial charge is 0.249 e. The third kappa shape index (κ3) is 3.95. The van der Waals surface area contributed by atoms with Crippen molar-refractivity contribution in [2.75, 3.05) is 12.4 Å². The molecule has 0 aromatic heterocycles. The Morgan fingerprint density at radius 3 is 2.43 bits per heavy atom. The Labute approximate surface area is 134 Å². The van der Waals surface area contributed by atoms with Crippen molar-refractivity contribution >= 4 is 17.4 Å². The summed E-state index contributed by atoms with van der Waals surface area (Å²) in [5.41, 5.74) is 1.81. The van der Waals surface area contributed by atoms with Crippen LogP contribution < -0.4 is 10.1 Å². The molecule has 0 heterocycles. The average Bonchev–Trinajstić information content (AvgIpc) is 2.55. The number of ketones is 1. The number of hydrogen-bond donors (Lipinski definition) is 1. The van der Waals surface area contributed by atoms with Gasteiger partial charge in [-0.05, 0) is 48.9 Å². The SMILES string of the molecule is COc1ccc(C(=O)[C@@H](C#N)C(=O)Nc2cccc(C)c2)cc1. The number of nitrogens with zero attached hydrogens (tertiary/aromatic N) is 1. The fraction of sp³-hybridized carbons (Fsp3) is 0.167. The molecule has 0 aliphatic heterocycles. The van der Waals surface area contributed by atoms with Gasteiger partial charge in [0, 0.05) is 11.3 Å². The number of hydrogen-bond acceptors (Lipinski definition) is 4.